The molecule has 0 amide bonds. The molecule has 7 nitrogen and oxygen atoms in total. The minimum Gasteiger partial charge on any atom is -0.490 e. The number of carbonyl (C=O) groups excluding carboxylic acids is 1. The van der Waals surface area contributed by atoms with Gasteiger partial charge in [-0.15, -0.1) is 0 Å². The molecule has 2 heterocycles. The largest absolute Gasteiger partial charge is 0.490 e. The van der Waals surface area contributed by atoms with E-state index < -0.39 is 11.6 Å². The van der Waals surface area contributed by atoms with E-state index in [2.05, 4.69) is 5.32 Å². The number of methoxy groups -OCH3 is 1. The average Bonchev–Trinajstić information content (AvgIpc) is 2.65. The summed E-state index contributed by atoms with van der Waals surface area (Å²) in [5.41, 5.74) is -0.145. The first-order valence-electron chi connectivity index (χ1n) is 9.66. The second-order valence-corrected chi connectivity index (χ2v) is 7.31. The van der Waals surface area contributed by atoms with Gasteiger partial charge in [-0.2, -0.15) is 0 Å². The van der Waals surface area contributed by atoms with E-state index in [4.69, 9.17) is 31.2 Å². The number of benzene rings is 1. The molecule has 0 spiro atoms. The Balaban J connectivity index is 2.07. The quantitative estimate of drug-likeness (QED) is 0.400. The van der Waals surface area contributed by atoms with E-state index in [1.165, 1.54) is 0 Å². The Morgan fingerprint density at radius 3 is 2.82 bits per heavy atom. The lowest BCUT2D eigenvalue weighted by Gasteiger charge is -2.55. The average molecular weight is 409 g/mol. The van der Waals surface area contributed by atoms with Gasteiger partial charge in [-0.3, -0.25) is 4.79 Å². The van der Waals surface area contributed by atoms with Crippen LogP contribution in [-0.4, -0.2) is 55.2 Å². The SMILES string of the molecule is CCOC(=O)[C@H]1[C@@H]2NC(=S)N(CCCOC)[C@@]1(C)Oc1c(OCC)cccc12. The summed E-state index contributed by atoms with van der Waals surface area (Å²) >= 11 is 5.63. The Morgan fingerprint density at radius 1 is 1.36 bits per heavy atom. The van der Waals surface area contributed by atoms with Crippen LogP contribution in [0.1, 0.15) is 38.8 Å². The molecule has 1 saturated heterocycles. The van der Waals surface area contributed by atoms with Gasteiger partial charge in [-0.05, 0) is 45.5 Å². The maximum atomic E-state index is 13.0. The molecule has 8 heteroatoms. The minimum atomic E-state index is -0.993. The summed E-state index contributed by atoms with van der Waals surface area (Å²) in [6, 6.07) is 5.36. The molecular formula is C20H28N2O5S. The molecular weight excluding hydrogens is 380 g/mol. The lowest BCUT2D eigenvalue weighted by molar-refractivity contribution is -0.175. The van der Waals surface area contributed by atoms with Crippen molar-refractivity contribution in [1.29, 1.82) is 0 Å². The summed E-state index contributed by atoms with van der Waals surface area (Å²) in [4.78, 5) is 14.9. The molecule has 2 aliphatic rings. The van der Waals surface area contributed by atoms with Crippen LogP contribution in [0.5, 0.6) is 11.5 Å². The third kappa shape index (κ3) is 3.51. The Bertz CT molecular complexity index is 743. The van der Waals surface area contributed by atoms with Crippen molar-refractivity contribution in [3.63, 3.8) is 0 Å². The maximum absolute atomic E-state index is 13.0. The molecule has 2 bridgehead atoms. The topological polar surface area (TPSA) is 69.3 Å². The fraction of sp³-hybridized carbons (Fsp3) is 0.600. The highest BCUT2D eigenvalue weighted by Crippen LogP contribution is 2.51. The number of thiocarbonyl (C=S) groups is 1. The van der Waals surface area contributed by atoms with Crippen LogP contribution in [0.2, 0.25) is 0 Å². The molecule has 28 heavy (non-hydrogen) atoms. The molecule has 0 unspecified atom stereocenters. The summed E-state index contributed by atoms with van der Waals surface area (Å²) < 4.78 is 22.9. The molecule has 1 aromatic carbocycles. The van der Waals surface area contributed by atoms with Crippen molar-refractivity contribution in [2.45, 2.75) is 39.0 Å². The molecule has 0 aromatic heterocycles. The van der Waals surface area contributed by atoms with Crippen molar-refractivity contribution < 1.29 is 23.7 Å². The highest BCUT2D eigenvalue weighted by molar-refractivity contribution is 7.80. The van der Waals surface area contributed by atoms with Gasteiger partial charge in [-0.1, -0.05) is 12.1 Å². The van der Waals surface area contributed by atoms with Gasteiger partial charge in [0.25, 0.3) is 0 Å². The molecule has 2 aliphatic heterocycles. The first kappa shape index (κ1) is 20.7. The number of para-hydroxylation sites is 1. The molecule has 0 saturated carbocycles. The zero-order valence-corrected chi connectivity index (χ0v) is 17.6. The van der Waals surface area contributed by atoms with E-state index in [-0.39, 0.29) is 12.0 Å². The zero-order chi connectivity index (χ0) is 20.3. The monoisotopic (exact) mass is 408 g/mol. The van der Waals surface area contributed by atoms with Gasteiger partial charge in [0.15, 0.2) is 22.3 Å². The van der Waals surface area contributed by atoms with Crippen molar-refractivity contribution in [2.24, 2.45) is 5.92 Å². The standard InChI is InChI=1S/C20H28N2O5S/c1-5-25-14-10-7-9-13-16-15(18(23)26-6-2)20(3,27-17(13)14)22(19(28)21-16)11-8-12-24-4/h7,9-10,15-16H,5-6,8,11-12H2,1-4H3,(H,21,28)/t15-,16-,20+/m1/s1. The number of carbonyl (C=O) groups is 1. The van der Waals surface area contributed by atoms with Gasteiger partial charge in [0.2, 0.25) is 0 Å². The molecule has 1 N–H and O–H groups in total. The molecule has 3 rings (SSSR count). The predicted octanol–water partition coefficient (Wildman–Crippen LogP) is 2.64. The van der Waals surface area contributed by atoms with Gasteiger partial charge in [-0.25, -0.2) is 0 Å². The molecule has 1 aromatic rings. The first-order chi connectivity index (χ1) is 13.5. The number of hydrogen-bond acceptors (Lipinski definition) is 6. The van der Waals surface area contributed by atoms with E-state index in [9.17, 15) is 4.79 Å². The third-order valence-electron chi connectivity index (χ3n) is 5.19. The predicted molar refractivity (Wildman–Crippen MR) is 108 cm³/mol. The highest BCUT2D eigenvalue weighted by atomic mass is 32.1. The van der Waals surface area contributed by atoms with E-state index in [0.29, 0.717) is 43.0 Å². The smallest absolute Gasteiger partial charge is 0.317 e. The summed E-state index contributed by atoms with van der Waals surface area (Å²) in [5.74, 6) is 0.411. The Morgan fingerprint density at radius 2 is 2.14 bits per heavy atom. The Kier molecular flexibility index (Phi) is 6.30. The van der Waals surface area contributed by atoms with Gasteiger partial charge in [0, 0.05) is 25.8 Å². The number of esters is 1. The Hall–Kier alpha value is -2.06. The molecule has 1 fully saturated rings. The lowest BCUT2D eigenvalue weighted by atomic mass is 9.79. The maximum Gasteiger partial charge on any atom is 0.317 e. The Labute approximate surface area is 171 Å². The van der Waals surface area contributed by atoms with Crippen LogP contribution < -0.4 is 14.8 Å². The summed E-state index contributed by atoms with van der Waals surface area (Å²) in [6.07, 6.45) is 0.747. The van der Waals surface area contributed by atoms with Crippen molar-refractivity contribution in [2.75, 3.05) is 33.5 Å². The van der Waals surface area contributed by atoms with Crippen molar-refractivity contribution in [3.05, 3.63) is 23.8 Å². The van der Waals surface area contributed by atoms with E-state index in [1.807, 2.05) is 36.9 Å². The third-order valence-corrected chi connectivity index (χ3v) is 5.53. The second kappa shape index (κ2) is 8.53. The van der Waals surface area contributed by atoms with E-state index >= 15 is 0 Å². The van der Waals surface area contributed by atoms with Crippen LogP contribution in [0.15, 0.2) is 18.2 Å². The molecule has 154 valence electrons. The summed E-state index contributed by atoms with van der Waals surface area (Å²) in [6.45, 7) is 7.62. The van der Waals surface area contributed by atoms with Crippen molar-refractivity contribution in [3.8, 4) is 11.5 Å². The number of ether oxygens (including phenoxy) is 4. The van der Waals surface area contributed by atoms with Crippen LogP contribution in [0, 0.1) is 5.92 Å². The van der Waals surface area contributed by atoms with Gasteiger partial charge >= 0.3 is 5.97 Å². The lowest BCUT2D eigenvalue weighted by Crippen LogP contribution is -2.71. The number of nitrogens with zero attached hydrogens (tertiary/aromatic N) is 1. The van der Waals surface area contributed by atoms with E-state index in [1.54, 1.807) is 14.0 Å². The van der Waals surface area contributed by atoms with Gasteiger partial charge < -0.3 is 29.2 Å². The number of hydrogen-bond donors (Lipinski definition) is 1. The van der Waals surface area contributed by atoms with Crippen molar-refractivity contribution >= 4 is 23.3 Å². The fourth-order valence-corrected chi connectivity index (χ4v) is 4.39. The molecule has 3 atom stereocenters. The van der Waals surface area contributed by atoms with Crippen molar-refractivity contribution in [1.82, 2.24) is 10.2 Å². The van der Waals surface area contributed by atoms with Crippen LogP contribution in [0.3, 0.4) is 0 Å². The summed E-state index contributed by atoms with van der Waals surface area (Å²) in [7, 11) is 1.66. The van der Waals surface area contributed by atoms with E-state index in [0.717, 1.165) is 12.0 Å². The van der Waals surface area contributed by atoms with Gasteiger partial charge in [0.05, 0.1) is 19.3 Å². The zero-order valence-electron chi connectivity index (χ0n) is 16.8. The van der Waals surface area contributed by atoms with Crippen LogP contribution in [0.25, 0.3) is 0 Å². The highest BCUT2D eigenvalue weighted by Gasteiger charge is 2.59. The number of fused-ring (bicyclic) bond motifs is 4. The molecule has 0 radical (unpaired) electrons. The first-order valence-corrected chi connectivity index (χ1v) is 10.1. The normalized spacial score (nSPS) is 25.4. The number of nitrogens with one attached hydrogen (secondary N) is 1. The molecule has 0 aliphatic carbocycles. The fourth-order valence-electron chi connectivity index (χ4n) is 3.99. The van der Waals surface area contributed by atoms with Crippen LogP contribution >= 0.6 is 12.2 Å². The number of rotatable bonds is 8. The van der Waals surface area contributed by atoms with Crippen LogP contribution in [-0.2, 0) is 14.3 Å². The van der Waals surface area contributed by atoms with Crippen LogP contribution in [0.4, 0.5) is 0 Å². The van der Waals surface area contributed by atoms with Gasteiger partial charge in [0.1, 0.15) is 5.92 Å². The second-order valence-electron chi connectivity index (χ2n) is 6.92. The summed E-state index contributed by atoms with van der Waals surface area (Å²) in [5, 5.41) is 3.90. The minimum absolute atomic E-state index is 0.304.